The van der Waals surface area contributed by atoms with Crippen molar-refractivity contribution in [1.29, 1.82) is 0 Å². The second-order valence-corrected chi connectivity index (χ2v) is 9.34. The van der Waals surface area contributed by atoms with Gasteiger partial charge in [-0.15, -0.1) is 11.3 Å². The van der Waals surface area contributed by atoms with Gasteiger partial charge in [0.05, 0.1) is 12.7 Å². The zero-order valence-corrected chi connectivity index (χ0v) is 18.6. The van der Waals surface area contributed by atoms with Gasteiger partial charge in [0.25, 0.3) is 11.8 Å². The van der Waals surface area contributed by atoms with Crippen LogP contribution in [0.1, 0.15) is 51.9 Å². The largest absolute Gasteiger partial charge is 0.497 e. The predicted octanol–water partition coefficient (Wildman–Crippen LogP) is 5.38. The van der Waals surface area contributed by atoms with Crippen LogP contribution in [0.3, 0.4) is 0 Å². The van der Waals surface area contributed by atoms with E-state index in [0.717, 1.165) is 16.0 Å². The number of carbonyl (C=O) groups excluding carboxylic acids is 2. The van der Waals surface area contributed by atoms with Gasteiger partial charge in [-0.3, -0.25) is 9.59 Å². The lowest BCUT2D eigenvalue weighted by Gasteiger charge is -2.19. The van der Waals surface area contributed by atoms with Crippen molar-refractivity contribution in [3.05, 3.63) is 70.1 Å². The average molecular weight is 423 g/mol. The Morgan fingerprint density at radius 2 is 1.73 bits per heavy atom. The number of carbonyl (C=O) groups is 2. The summed E-state index contributed by atoms with van der Waals surface area (Å²) in [7, 11) is 1.54. The molecule has 0 aliphatic heterocycles. The monoisotopic (exact) mass is 422 g/mol. The Kier molecular flexibility index (Phi) is 5.99. The number of ether oxygens (including phenoxy) is 1. The van der Waals surface area contributed by atoms with Gasteiger partial charge in [0.2, 0.25) is 0 Å². The van der Waals surface area contributed by atoms with Crippen LogP contribution in [0.2, 0.25) is 0 Å². The van der Waals surface area contributed by atoms with Crippen LogP contribution in [0.25, 0.3) is 11.1 Å². The number of thiophene rings is 1. The molecule has 3 aromatic rings. The van der Waals surface area contributed by atoms with E-state index in [2.05, 4.69) is 38.2 Å². The average Bonchev–Trinajstić information content (AvgIpc) is 3.03. The fourth-order valence-electron chi connectivity index (χ4n) is 3.29. The van der Waals surface area contributed by atoms with Crippen LogP contribution in [-0.4, -0.2) is 18.9 Å². The van der Waals surface area contributed by atoms with Gasteiger partial charge >= 0.3 is 0 Å². The molecule has 0 saturated heterocycles. The minimum atomic E-state index is -0.574. The van der Waals surface area contributed by atoms with Crippen LogP contribution >= 0.6 is 11.3 Å². The standard InChI is InChI=1S/C24H26N2O3S/c1-14-19(15-9-11-17(12-10-15)24(2,3)4)20(21(25)27)23(30-14)26-22(28)16-7-6-8-18(13-16)29-5/h6-13H,1-5H3,(H2,25,27)(H,26,28). The molecular formula is C24H26N2O3S. The van der Waals surface area contributed by atoms with E-state index in [-0.39, 0.29) is 11.3 Å². The second kappa shape index (κ2) is 8.32. The molecule has 0 spiro atoms. The number of amides is 2. The minimum absolute atomic E-state index is 0.0324. The van der Waals surface area contributed by atoms with E-state index in [0.29, 0.717) is 21.9 Å². The van der Waals surface area contributed by atoms with E-state index in [1.807, 2.05) is 19.1 Å². The van der Waals surface area contributed by atoms with Gasteiger partial charge in [0.1, 0.15) is 10.8 Å². The molecule has 3 rings (SSSR count). The number of aryl methyl sites for hydroxylation is 1. The number of benzene rings is 2. The number of nitrogens with one attached hydrogen (secondary N) is 1. The molecule has 0 aliphatic carbocycles. The maximum absolute atomic E-state index is 12.8. The van der Waals surface area contributed by atoms with Gasteiger partial charge < -0.3 is 15.8 Å². The Bertz CT molecular complexity index is 1090. The molecule has 5 nitrogen and oxygen atoms in total. The van der Waals surface area contributed by atoms with Gasteiger partial charge in [0.15, 0.2) is 0 Å². The molecule has 156 valence electrons. The highest BCUT2D eigenvalue weighted by Gasteiger charge is 2.24. The van der Waals surface area contributed by atoms with E-state index in [9.17, 15) is 9.59 Å². The minimum Gasteiger partial charge on any atom is -0.497 e. The Morgan fingerprint density at radius 3 is 2.30 bits per heavy atom. The summed E-state index contributed by atoms with van der Waals surface area (Å²) in [5.41, 5.74) is 9.38. The third-order valence-corrected chi connectivity index (χ3v) is 5.95. The SMILES string of the molecule is COc1cccc(C(=O)Nc2sc(C)c(-c3ccc(C(C)(C)C)cc3)c2C(N)=O)c1. The maximum atomic E-state index is 12.8. The predicted molar refractivity (Wildman–Crippen MR) is 123 cm³/mol. The first-order valence-electron chi connectivity index (χ1n) is 9.61. The van der Waals surface area contributed by atoms with Crippen LogP contribution < -0.4 is 15.8 Å². The highest BCUT2D eigenvalue weighted by atomic mass is 32.1. The van der Waals surface area contributed by atoms with Crippen molar-refractivity contribution in [3.63, 3.8) is 0 Å². The molecule has 0 bridgehead atoms. The van der Waals surface area contributed by atoms with Gasteiger partial charge in [-0.25, -0.2) is 0 Å². The number of rotatable bonds is 5. The summed E-state index contributed by atoms with van der Waals surface area (Å²) in [5.74, 6) is -0.317. The lowest BCUT2D eigenvalue weighted by molar-refractivity contribution is 0.100. The van der Waals surface area contributed by atoms with Crippen molar-refractivity contribution >= 4 is 28.2 Å². The van der Waals surface area contributed by atoms with Crippen LogP contribution in [0.5, 0.6) is 5.75 Å². The van der Waals surface area contributed by atoms with Crippen LogP contribution in [0.4, 0.5) is 5.00 Å². The van der Waals surface area contributed by atoms with Crippen LogP contribution in [-0.2, 0) is 5.41 Å². The second-order valence-electron chi connectivity index (χ2n) is 8.12. The maximum Gasteiger partial charge on any atom is 0.256 e. The van der Waals surface area contributed by atoms with Crippen molar-refractivity contribution in [2.45, 2.75) is 33.1 Å². The fourth-order valence-corrected chi connectivity index (χ4v) is 4.37. The molecule has 0 atom stereocenters. The normalized spacial score (nSPS) is 11.2. The first kappa shape index (κ1) is 21.6. The summed E-state index contributed by atoms with van der Waals surface area (Å²) in [6, 6.07) is 15.0. The molecule has 2 amide bonds. The van der Waals surface area contributed by atoms with Crippen molar-refractivity contribution in [1.82, 2.24) is 0 Å². The van der Waals surface area contributed by atoms with Crippen molar-refractivity contribution in [2.75, 3.05) is 12.4 Å². The van der Waals surface area contributed by atoms with E-state index in [1.54, 1.807) is 31.4 Å². The van der Waals surface area contributed by atoms with Gasteiger partial charge in [-0.1, -0.05) is 51.1 Å². The summed E-state index contributed by atoms with van der Waals surface area (Å²) in [6.07, 6.45) is 0. The quantitative estimate of drug-likeness (QED) is 0.579. The molecule has 0 aliphatic rings. The summed E-state index contributed by atoms with van der Waals surface area (Å²) in [6.45, 7) is 8.38. The summed E-state index contributed by atoms with van der Waals surface area (Å²) in [5, 5.41) is 3.30. The highest BCUT2D eigenvalue weighted by Crippen LogP contribution is 2.40. The topological polar surface area (TPSA) is 81.4 Å². The number of hydrogen-bond donors (Lipinski definition) is 2. The van der Waals surface area contributed by atoms with E-state index in [1.165, 1.54) is 16.9 Å². The Hall–Kier alpha value is -3.12. The van der Waals surface area contributed by atoms with E-state index >= 15 is 0 Å². The molecule has 1 aromatic heterocycles. The molecule has 6 heteroatoms. The molecule has 0 saturated carbocycles. The molecule has 3 N–H and O–H groups in total. The zero-order valence-electron chi connectivity index (χ0n) is 17.8. The number of methoxy groups -OCH3 is 1. The fraction of sp³-hybridized carbons (Fsp3) is 0.250. The number of hydrogen-bond acceptors (Lipinski definition) is 4. The molecular weight excluding hydrogens is 396 g/mol. The Morgan fingerprint density at radius 1 is 1.07 bits per heavy atom. The first-order valence-corrected chi connectivity index (χ1v) is 10.4. The van der Waals surface area contributed by atoms with Gasteiger partial charge in [-0.2, -0.15) is 0 Å². The smallest absolute Gasteiger partial charge is 0.256 e. The number of nitrogens with two attached hydrogens (primary N) is 1. The molecule has 2 aromatic carbocycles. The van der Waals surface area contributed by atoms with Crippen molar-refractivity contribution < 1.29 is 14.3 Å². The van der Waals surface area contributed by atoms with Gasteiger partial charge in [-0.05, 0) is 41.7 Å². The first-order chi connectivity index (χ1) is 14.1. The van der Waals surface area contributed by atoms with Crippen molar-refractivity contribution in [2.24, 2.45) is 5.73 Å². The molecule has 30 heavy (non-hydrogen) atoms. The third kappa shape index (κ3) is 4.39. The van der Waals surface area contributed by atoms with Crippen LogP contribution in [0, 0.1) is 6.92 Å². The lowest BCUT2D eigenvalue weighted by Crippen LogP contribution is -2.17. The molecule has 1 heterocycles. The summed E-state index contributed by atoms with van der Waals surface area (Å²) >= 11 is 1.34. The zero-order chi connectivity index (χ0) is 22.1. The number of anilines is 1. The molecule has 0 fully saturated rings. The van der Waals surface area contributed by atoms with E-state index < -0.39 is 5.91 Å². The summed E-state index contributed by atoms with van der Waals surface area (Å²) < 4.78 is 5.18. The molecule has 0 radical (unpaired) electrons. The third-order valence-electron chi connectivity index (χ3n) is 4.93. The van der Waals surface area contributed by atoms with Gasteiger partial charge in [0, 0.05) is 16.0 Å². The van der Waals surface area contributed by atoms with Crippen LogP contribution in [0.15, 0.2) is 48.5 Å². The summed E-state index contributed by atoms with van der Waals surface area (Å²) in [4.78, 5) is 26.0. The lowest BCUT2D eigenvalue weighted by atomic mass is 9.86. The number of primary amides is 1. The van der Waals surface area contributed by atoms with Crippen molar-refractivity contribution in [3.8, 4) is 16.9 Å². The molecule has 0 unspecified atom stereocenters. The Balaban J connectivity index is 2.00. The Labute approximate surface area is 180 Å². The highest BCUT2D eigenvalue weighted by molar-refractivity contribution is 7.17. The van der Waals surface area contributed by atoms with E-state index in [4.69, 9.17) is 10.5 Å².